The topological polar surface area (TPSA) is 78.6 Å². The summed E-state index contributed by atoms with van der Waals surface area (Å²) in [5.41, 5.74) is 8.17. The van der Waals surface area contributed by atoms with Crippen LogP contribution < -0.4 is 5.73 Å². The Labute approximate surface area is 167 Å². The van der Waals surface area contributed by atoms with Gasteiger partial charge in [-0.1, -0.05) is 56.3 Å². The van der Waals surface area contributed by atoms with Gasteiger partial charge >= 0.3 is 5.97 Å². The predicted molar refractivity (Wildman–Crippen MR) is 113 cm³/mol. The van der Waals surface area contributed by atoms with Crippen LogP contribution in [0.25, 0.3) is 0 Å². The predicted octanol–water partition coefficient (Wildman–Crippen LogP) is 5.10. The van der Waals surface area contributed by atoms with Gasteiger partial charge in [0.1, 0.15) is 6.61 Å². The minimum atomic E-state index is -3.04. The molecule has 152 valence electrons. The van der Waals surface area contributed by atoms with Crippen molar-refractivity contribution >= 4 is 19.0 Å². The van der Waals surface area contributed by atoms with E-state index in [1.165, 1.54) is 7.11 Å². The van der Waals surface area contributed by atoms with Crippen molar-refractivity contribution in [2.45, 2.75) is 33.0 Å². The van der Waals surface area contributed by atoms with Crippen LogP contribution in [-0.2, 0) is 31.4 Å². The zero-order valence-corrected chi connectivity index (χ0v) is 17.7. The zero-order valence-electron chi connectivity index (χ0n) is 16.8. The molecule has 0 bridgehead atoms. The Hall–Kier alpha value is -2.10. The van der Waals surface area contributed by atoms with Gasteiger partial charge in [-0.05, 0) is 35.6 Å². The van der Waals surface area contributed by atoms with Crippen LogP contribution in [0.15, 0.2) is 54.6 Å². The molecule has 2 aromatic rings. The highest BCUT2D eigenvalue weighted by atomic mass is 31.2. The van der Waals surface area contributed by atoms with Gasteiger partial charge in [-0.3, -0.25) is 9.36 Å². The van der Waals surface area contributed by atoms with E-state index < -0.39 is 13.3 Å². The highest BCUT2D eigenvalue weighted by molar-refractivity contribution is 7.58. The van der Waals surface area contributed by atoms with Crippen LogP contribution in [0.4, 0.5) is 5.69 Å². The second-order valence-electron chi connectivity index (χ2n) is 7.50. The molecular formula is C22H30NO4P. The van der Waals surface area contributed by atoms with E-state index in [0.717, 1.165) is 11.1 Å². The second kappa shape index (κ2) is 10.4. The fraction of sp³-hybridized carbons (Fsp3) is 0.409. The van der Waals surface area contributed by atoms with Crippen LogP contribution in [0.3, 0.4) is 0 Å². The number of carbonyl (C=O) groups is 1. The Bertz CT molecular complexity index is 790. The van der Waals surface area contributed by atoms with E-state index in [1.807, 2.05) is 56.3 Å². The number of ether oxygens (including phenoxy) is 1. The van der Waals surface area contributed by atoms with Crippen LogP contribution in [-0.4, -0.2) is 19.2 Å². The largest absolute Gasteiger partial charge is 0.461 e. The SMILES string of the molecule is COP(=O)(Cc1ccc(N)cc1)CC(CC(C)C)C(=O)OCc1ccccc1. The number of benzene rings is 2. The molecule has 0 fully saturated rings. The molecule has 0 aliphatic heterocycles. The standard InChI is InChI=1S/C22H30NO4P/c1-17(2)13-20(22(24)27-14-18-7-5-4-6-8-18)16-28(25,26-3)15-19-9-11-21(23)12-10-19/h4-12,17,20H,13-16,23H2,1-3H3. The highest BCUT2D eigenvalue weighted by Crippen LogP contribution is 2.51. The quantitative estimate of drug-likeness (QED) is 0.339. The Kier molecular flexibility index (Phi) is 8.28. The van der Waals surface area contributed by atoms with Crippen LogP contribution in [0, 0.1) is 11.8 Å². The van der Waals surface area contributed by atoms with E-state index in [9.17, 15) is 9.36 Å². The molecule has 0 amide bonds. The van der Waals surface area contributed by atoms with Crippen molar-refractivity contribution in [2.75, 3.05) is 19.0 Å². The maximum absolute atomic E-state index is 13.3. The lowest BCUT2D eigenvalue weighted by Gasteiger charge is -2.23. The molecular weight excluding hydrogens is 373 g/mol. The van der Waals surface area contributed by atoms with Gasteiger partial charge < -0.3 is 15.0 Å². The lowest BCUT2D eigenvalue weighted by Crippen LogP contribution is -2.24. The maximum Gasteiger partial charge on any atom is 0.309 e. The number of esters is 1. The van der Waals surface area contributed by atoms with Crippen LogP contribution in [0.1, 0.15) is 31.4 Å². The van der Waals surface area contributed by atoms with E-state index in [2.05, 4.69) is 0 Å². The van der Waals surface area contributed by atoms with Crippen LogP contribution >= 0.6 is 7.37 Å². The fourth-order valence-corrected chi connectivity index (χ4v) is 5.25. The first-order valence-electron chi connectivity index (χ1n) is 9.50. The highest BCUT2D eigenvalue weighted by Gasteiger charge is 2.32. The van der Waals surface area contributed by atoms with E-state index >= 15 is 0 Å². The molecule has 2 N–H and O–H groups in total. The molecule has 2 atom stereocenters. The summed E-state index contributed by atoms with van der Waals surface area (Å²) in [5, 5.41) is 0. The molecule has 0 spiro atoms. The van der Waals surface area contributed by atoms with E-state index in [0.29, 0.717) is 12.1 Å². The van der Waals surface area contributed by atoms with Crippen molar-refractivity contribution in [1.82, 2.24) is 0 Å². The average Bonchev–Trinajstić information content (AvgIpc) is 2.68. The fourth-order valence-electron chi connectivity index (χ4n) is 3.10. The Morgan fingerprint density at radius 2 is 1.68 bits per heavy atom. The van der Waals surface area contributed by atoms with E-state index in [4.69, 9.17) is 15.0 Å². The molecule has 2 aromatic carbocycles. The molecule has 0 radical (unpaired) electrons. The lowest BCUT2D eigenvalue weighted by molar-refractivity contribution is -0.149. The van der Waals surface area contributed by atoms with Gasteiger partial charge in [0.25, 0.3) is 0 Å². The maximum atomic E-state index is 13.3. The summed E-state index contributed by atoms with van der Waals surface area (Å²) in [5.74, 6) is -0.522. The molecule has 0 aromatic heterocycles. The summed E-state index contributed by atoms with van der Waals surface area (Å²) in [7, 11) is -1.60. The summed E-state index contributed by atoms with van der Waals surface area (Å²) in [6, 6.07) is 16.8. The Balaban J connectivity index is 2.07. The molecule has 0 saturated heterocycles. The smallest absolute Gasteiger partial charge is 0.309 e. The summed E-state index contributed by atoms with van der Waals surface area (Å²) in [6.45, 7) is 4.29. The number of anilines is 1. The van der Waals surface area contributed by atoms with E-state index in [-0.39, 0.29) is 30.8 Å². The molecule has 0 aliphatic rings. The number of nitrogen functional groups attached to an aromatic ring is 1. The first-order valence-corrected chi connectivity index (χ1v) is 11.5. The number of hydrogen-bond acceptors (Lipinski definition) is 5. The van der Waals surface area contributed by atoms with Gasteiger partial charge in [0, 0.05) is 25.1 Å². The summed E-state index contributed by atoms with van der Waals surface area (Å²) >= 11 is 0. The first-order chi connectivity index (χ1) is 13.3. The normalized spacial score (nSPS) is 14.4. The van der Waals surface area contributed by atoms with Crippen molar-refractivity contribution < 1.29 is 18.6 Å². The molecule has 2 rings (SSSR count). The average molecular weight is 403 g/mol. The van der Waals surface area contributed by atoms with Crippen molar-refractivity contribution in [3.05, 3.63) is 65.7 Å². The molecule has 2 unspecified atom stereocenters. The molecule has 5 nitrogen and oxygen atoms in total. The minimum Gasteiger partial charge on any atom is -0.461 e. The molecule has 28 heavy (non-hydrogen) atoms. The Morgan fingerprint density at radius 3 is 2.25 bits per heavy atom. The number of carbonyl (C=O) groups excluding carboxylic acids is 1. The van der Waals surface area contributed by atoms with Crippen LogP contribution in [0.2, 0.25) is 0 Å². The monoisotopic (exact) mass is 403 g/mol. The number of hydrogen-bond donors (Lipinski definition) is 1. The number of nitrogens with two attached hydrogens (primary N) is 1. The minimum absolute atomic E-state index is 0.166. The number of rotatable bonds is 10. The van der Waals surface area contributed by atoms with E-state index in [1.54, 1.807) is 12.1 Å². The van der Waals surface area contributed by atoms with Crippen molar-refractivity contribution in [2.24, 2.45) is 11.8 Å². The summed E-state index contributed by atoms with van der Waals surface area (Å²) in [6.07, 6.45) is 1.03. The van der Waals surface area contributed by atoms with Gasteiger partial charge in [-0.2, -0.15) is 0 Å². The first kappa shape index (κ1) is 22.2. The molecule has 6 heteroatoms. The third-order valence-electron chi connectivity index (χ3n) is 4.55. The van der Waals surface area contributed by atoms with Gasteiger partial charge in [0.05, 0.1) is 5.92 Å². The third kappa shape index (κ3) is 7.14. The second-order valence-corrected chi connectivity index (χ2v) is 10.2. The Morgan fingerprint density at radius 1 is 1.04 bits per heavy atom. The van der Waals surface area contributed by atoms with Gasteiger partial charge in [0.15, 0.2) is 0 Å². The third-order valence-corrected chi connectivity index (χ3v) is 7.06. The van der Waals surface area contributed by atoms with Crippen molar-refractivity contribution in [1.29, 1.82) is 0 Å². The molecule has 0 saturated carbocycles. The zero-order chi connectivity index (χ0) is 20.6. The summed E-state index contributed by atoms with van der Waals surface area (Å²) in [4.78, 5) is 12.7. The van der Waals surface area contributed by atoms with Crippen LogP contribution in [0.5, 0.6) is 0 Å². The summed E-state index contributed by atoms with van der Waals surface area (Å²) < 4.78 is 24.3. The van der Waals surface area contributed by atoms with Gasteiger partial charge in [-0.25, -0.2) is 0 Å². The van der Waals surface area contributed by atoms with Gasteiger partial charge in [-0.15, -0.1) is 0 Å². The van der Waals surface area contributed by atoms with Crippen molar-refractivity contribution in [3.63, 3.8) is 0 Å². The molecule has 0 heterocycles. The molecule has 0 aliphatic carbocycles. The van der Waals surface area contributed by atoms with Gasteiger partial charge in [0.2, 0.25) is 7.37 Å². The van der Waals surface area contributed by atoms with Crippen molar-refractivity contribution in [3.8, 4) is 0 Å². The lowest BCUT2D eigenvalue weighted by atomic mass is 9.99.